The summed E-state index contributed by atoms with van der Waals surface area (Å²) >= 11 is 0. The Morgan fingerprint density at radius 2 is 2.12 bits per heavy atom. The Hall–Kier alpha value is -1.42. The minimum atomic E-state index is -3.52. The van der Waals surface area contributed by atoms with Gasteiger partial charge in [-0.2, -0.15) is 9.57 Å². The van der Waals surface area contributed by atoms with Crippen LogP contribution >= 0.6 is 0 Å². The Balaban J connectivity index is 2.35. The molecule has 0 radical (unpaired) electrons. The number of aliphatic hydroxyl groups excluding tert-OH is 1. The quantitative estimate of drug-likeness (QED) is 0.817. The maximum Gasteiger partial charge on any atom is 0.243 e. The van der Waals surface area contributed by atoms with Crippen molar-refractivity contribution in [1.29, 1.82) is 5.26 Å². The number of hydrogen-bond acceptors (Lipinski definition) is 4. The molecule has 0 aliphatic carbocycles. The zero-order valence-corrected chi connectivity index (χ0v) is 10.1. The first-order valence-electron chi connectivity index (χ1n) is 5.14. The standard InChI is InChI=1S/C11H12N2O3S/c1-8-4-11(3-2-9(8)5-12)17(15,16)13-6-10(14)7-13/h2-4,10,14H,6-7H2,1H3. The molecule has 2 rings (SSSR count). The zero-order valence-electron chi connectivity index (χ0n) is 9.29. The highest BCUT2D eigenvalue weighted by atomic mass is 32.2. The summed E-state index contributed by atoms with van der Waals surface area (Å²) in [6.07, 6.45) is -0.566. The molecule has 1 heterocycles. The van der Waals surface area contributed by atoms with Crippen LogP contribution in [0.4, 0.5) is 0 Å². The zero-order chi connectivity index (χ0) is 12.6. The Labute approximate surface area is 100.0 Å². The lowest BCUT2D eigenvalue weighted by Crippen LogP contribution is -2.53. The van der Waals surface area contributed by atoms with Crippen molar-refractivity contribution in [1.82, 2.24) is 4.31 Å². The van der Waals surface area contributed by atoms with E-state index in [1.54, 1.807) is 6.92 Å². The number of aryl methyl sites for hydroxylation is 1. The molecule has 0 spiro atoms. The fourth-order valence-electron chi connectivity index (χ4n) is 1.68. The molecule has 17 heavy (non-hydrogen) atoms. The van der Waals surface area contributed by atoms with E-state index < -0.39 is 16.1 Å². The molecule has 1 saturated heterocycles. The average molecular weight is 252 g/mol. The average Bonchev–Trinajstić information content (AvgIpc) is 2.24. The van der Waals surface area contributed by atoms with E-state index in [0.717, 1.165) is 0 Å². The summed E-state index contributed by atoms with van der Waals surface area (Å²) in [5.74, 6) is 0. The lowest BCUT2D eigenvalue weighted by atomic mass is 10.1. The van der Waals surface area contributed by atoms with Crippen molar-refractivity contribution in [3.8, 4) is 6.07 Å². The number of benzene rings is 1. The van der Waals surface area contributed by atoms with Gasteiger partial charge in [-0.1, -0.05) is 0 Å². The molecule has 5 nitrogen and oxygen atoms in total. The predicted molar refractivity (Wildman–Crippen MR) is 60.7 cm³/mol. The summed E-state index contributed by atoms with van der Waals surface area (Å²) < 4.78 is 25.3. The predicted octanol–water partition coefficient (Wildman–Crippen LogP) is 0.232. The van der Waals surface area contributed by atoms with Crippen molar-refractivity contribution < 1.29 is 13.5 Å². The first-order chi connectivity index (χ1) is 7.95. The molecule has 1 aromatic rings. The summed E-state index contributed by atoms with van der Waals surface area (Å²) in [5.41, 5.74) is 1.10. The highest BCUT2D eigenvalue weighted by molar-refractivity contribution is 7.89. The third-order valence-electron chi connectivity index (χ3n) is 2.78. The monoisotopic (exact) mass is 252 g/mol. The molecule has 6 heteroatoms. The molecule has 0 saturated carbocycles. The molecule has 1 aromatic carbocycles. The molecular formula is C11H12N2O3S. The summed E-state index contributed by atoms with van der Waals surface area (Å²) in [6.45, 7) is 1.98. The van der Waals surface area contributed by atoms with E-state index in [9.17, 15) is 8.42 Å². The highest BCUT2D eigenvalue weighted by Crippen LogP contribution is 2.23. The Morgan fingerprint density at radius 1 is 1.47 bits per heavy atom. The van der Waals surface area contributed by atoms with Crippen molar-refractivity contribution in [2.45, 2.75) is 17.9 Å². The van der Waals surface area contributed by atoms with E-state index in [1.807, 2.05) is 6.07 Å². The van der Waals surface area contributed by atoms with Crippen LogP contribution in [0.2, 0.25) is 0 Å². The van der Waals surface area contributed by atoms with Gasteiger partial charge in [-0.3, -0.25) is 0 Å². The van der Waals surface area contributed by atoms with Crippen molar-refractivity contribution in [2.75, 3.05) is 13.1 Å². The number of nitriles is 1. The van der Waals surface area contributed by atoms with Crippen molar-refractivity contribution in [3.05, 3.63) is 29.3 Å². The summed E-state index contributed by atoms with van der Waals surface area (Å²) in [6, 6.07) is 6.40. The lowest BCUT2D eigenvalue weighted by Gasteiger charge is -2.34. The van der Waals surface area contributed by atoms with Crippen molar-refractivity contribution in [2.24, 2.45) is 0 Å². The van der Waals surface area contributed by atoms with Crippen molar-refractivity contribution in [3.63, 3.8) is 0 Å². The van der Waals surface area contributed by atoms with Crippen LogP contribution in [0.25, 0.3) is 0 Å². The molecule has 1 aliphatic rings. The first-order valence-corrected chi connectivity index (χ1v) is 6.58. The second-order valence-corrected chi connectivity index (χ2v) is 6.00. The molecule has 0 bridgehead atoms. The second kappa shape index (κ2) is 4.11. The third kappa shape index (κ3) is 2.05. The molecule has 0 aromatic heterocycles. The van der Waals surface area contributed by atoms with Gasteiger partial charge in [-0.25, -0.2) is 8.42 Å². The van der Waals surface area contributed by atoms with E-state index >= 15 is 0 Å². The van der Waals surface area contributed by atoms with Gasteiger partial charge in [0, 0.05) is 13.1 Å². The van der Waals surface area contributed by atoms with Crippen LogP contribution in [0.5, 0.6) is 0 Å². The van der Waals surface area contributed by atoms with Crippen molar-refractivity contribution >= 4 is 10.0 Å². The fraction of sp³-hybridized carbons (Fsp3) is 0.364. The first kappa shape index (κ1) is 12.0. The van der Waals surface area contributed by atoms with Gasteiger partial charge in [-0.15, -0.1) is 0 Å². The molecule has 0 amide bonds. The Morgan fingerprint density at radius 3 is 2.59 bits per heavy atom. The van der Waals surface area contributed by atoms with E-state index in [0.29, 0.717) is 11.1 Å². The van der Waals surface area contributed by atoms with Crippen LogP contribution in [-0.2, 0) is 10.0 Å². The number of rotatable bonds is 2. The van der Waals surface area contributed by atoms with Crippen LogP contribution in [-0.4, -0.2) is 37.0 Å². The number of β-amino-alcohol motifs (C(OH)–C–C–N with tert-alkyl or cyclic N) is 1. The highest BCUT2D eigenvalue weighted by Gasteiger charge is 2.35. The van der Waals surface area contributed by atoms with Crippen LogP contribution < -0.4 is 0 Å². The van der Waals surface area contributed by atoms with Gasteiger partial charge in [0.2, 0.25) is 10.0 Å². The normalized spacial score (nSPS) is 17.5. The fourth-order valence-corrected chi connectivity index (χ4v) is 3.28. The molecule has 0 atom stereocenters. The van der Waals surface area contributed by atoms with Crippen LogP contribution in [0.15, 0.2) is 23.1 Å². The van der Waals surface area contributed by atoms with Gasteiger partial charge in [0.05, 0.1) is 22.6 Å². The van der Waals surface area contributed by atoms with Crippen LogP contribution in [0.1, 0.15) is 11.1 Å². The van der Waals surface area contributed by atoms with E-state index in [1.165, 1.54) is 22.5 Å². The van der Waals surface area contributed by atoms with E-state index in [2.05, 4.69) is 0 Å². The Bertz CT molecular complexity index is 583. The van der Waals surface area contributed by atoms with Crippen LogP contribution in [0, 0.1) is 18.3 Å². The molecular weight excluding hydrogens is 240 g/mol. The van der Waals surface area contributed by atoms with Gasteiger partial charge in [0.15, 0.2) is 0 Å². The number of hydrogen-bond donors (Lipinski definition) is 1. The van der Waals surface area contributed by atoms with Gasteiger partial charge in [0.25, 0.3) is 0 Å². The topological polar surface area (TPSA) is 81.4 Å². The Kier molecular flexibility index (Phi) is 2.91. The number of aliphatic hydroxyl groups is 1. The maximum absolute atomic E-state index is 12.0. The molecule has 90 valence electrons. The largest absolute Gasteiger partial charge is 0.390 e. The molecule has 1 aliphatic heterocycles. The number of sulfonamides is 1. The molecule has 1 fully saturated rings. The van der Waals surface area contributed by atoms with E-state index in [4.69, 9.17) is 10.4 Å². The summed E-state index contributed by atoms with van der Waals surface area (Å²) in [7, 11) is -3.52. The van der Waals surface area contributed by atoms with E-state index in [-0.39, 0.29) is 18.0 Å². The third-order valence-corrected chi connectivity index (χ3v) is 4.61. The molecule has 1 N–H and O–H groups in total. The van der Waals surface area contributed by atoms with Gasteiger partial charge in [-0.05, 0) is 30.7 Å². The second-order valence-electron chi connectivity index (χ2n) is 4.06. The minimum absolute atomic E-state index is 0.140. The van der Waals surface area contributed by atoms with Gasteiger partial charge < -0.3 is 5.11 Å². The summed E-state index contributed by atoms with van der Waals surface area (Å²) in [5, 5.41) is 17.9. The lowest BCUT2D eigenvalue weighted by molar-refractivity contribution is 0.0548. The van der Waals surface area contributed by atoms with Crippen LogP contribution in [0.3, 0.4) is 0 Å². The SMILES string of the molecule is Cc1cc(S(=O)(=O)N2CC(O)C2)ccc1C#N. The minimum Gasteiger partial charge on any atom is -0.390 e. The maximum atomic E-state index is 12.0. The number of nitrogens with zero attached hydrogens (tertiary/aromatic N) is 2. The summed E-state index contributed by atoms with van der Waals surface area (Å²) in [4.78, 5) is 0.168. The molecule has 0 unspecified atom stereocenters. The smallest absolute Gasteiger partial charge is 0.243 e. The van der Waals surface area contributed by atoms with Gasteiger partial charge >= 0.3 is 0 Å². The van der Waals surface area contributed by atoms with Gasteiger partial charge in [0.1, 0.15) is 0 Å².